The van der Waals surface area contributed by atoms with Crippen LogP contribution in [0.5, 0.6) is 0 Å². The molecule has 2 amide bonds. The lowest BCUT2D eigenvalue weighted by molar-refractivity contribution is -0.158. The van der Waals surface area contributed by atoms with E-state index in [-0.39, 0.29) is 17.9 Å². The van der Waals surface area contributed by atoms with Crippen LogP contribution in [0.4, 0.5) is 10.5 Å². The molecule has 7 heteroatoms. The van der Waals surface area contributed by atoms with E-state index >= 15 is 0 Å². The number of esters is 1. The highest BCUT2D eigenvalue weighted by Gasteiger charge is 2.32. The molecule has 0 saturated carbocycles. The Morgan fingerprint density at radius 1 is 1.03 bits per heavy atom. The number of carbonyl (C=O) groups excluding carboxylic acids is 3. The van der Waals surface area contributed by atoms with Gasteiger partial charge in [-0.05, 0) is 63.4 Å². The van der Waals surface area contributed by atoms with Crippen LogP contribution < -0.4 is 5.32 Å². The Bertz CT molecular complexity index is 958. The molecule has 0 unspecified atom stereocenters. The third kappa shape index (κ3) is 6.20. The maximum Gasteiger partial charge on any atom is 0.410 e. The number of rotatable bonds is 4. The Morgan fingerprint density at radius 3 is 2.32 bits per heavy atom. The molecule has 1 atom stereocenters. The molecule has 166 valence electrons. The van der Waals surface area contributed by atoms with Crippen LogP contribution in [0, 0.1) is 5.92 Å². The van der Waals surface area contributed by atoms with Gasteiger partial charge in [0.05, 0.1) is 5.92 Å². The fourth-order valence-electron chi connectivity index (χ4n) is 3.46. The van der Waals surface area contributed by atoms with Gasteiger partial charge in [-0.3, -0.25) is 9.59 Å². The van der Waals surface area contributed by atoms with Gasteiger partial charge >= 0.3 is 12.1 Å². The van der Waals surface area contributed by atoms with E-state index in [0.717, 1.165) is 10.8 Å². The number of nitrogens with zero attached hydrogens (tertiary/aromatic N) is 1. The van der Waals surface area contributed by atoms with Crippen LogP contribution >= 0.6 is 0 Å². The van der Waals surface area contributed by atoms with E-state index in [1.54, 1.807) is 11.8 Å². The van der Waals surface area contributed by atoms with Crippen molar-refractivity contribution in [3.63, 3.8) is 0 Å². The molecule has 0 spiro atoms. The van der Waals surface area contributed by atoms with Crippen molar-refractivity contribution in [1.82, 2.24) is 4.90 Å². The van der Waals surface area contributed by atoms with Gasteiger partial charge in [0.1, 0.15) is 5.60 Å². The molecule has 1 fully saturated rings. The average molecular weight is 427 g/mol. The van der Waals surface area contributed by atoms with Gasteiger partial charge in [-0.25, -0.2) is 4.79 Å². The zero-order chi connectivity index (χ0) is 22.6. The van der Waals surface area contributed by atoms with Crippen molar-refractivity contribution in [2.24, 2.45) is 5.92 Å². The van der Waals surface area contributed by atoms with Crippen LogP contribution in [0.1, 0.15) is 40.5 Å². The number of piperidine rings is 1. The van der Waals surface area contributed by atoms with Gasteiger partial charge in [-0.15, -0.1) is 0 Å². The molecule has 1 saturated heterocycles. The van der Waals surface area contributed by atoms with Gasteiger partial charge in [0.25, 0.3) is 5.91 Å². The summed E-state index contributed by atoms with van der Waals surface area (Å²) in [6, 6.07) is 13.5. The minimum Gasteiger partial charge on any atom is -0.452 e. The number of ether oxygens (including phenoxy) is 2. The first kappa shape index (κ1) is 22.6. The lowest BCUT2D eigenvalue weighted by atomic mass is 9.97. The molecule has 2 aromatic carbocycles. The number of fused-ring (bicyclic) bond motifs is 1. The molecule has 1 heterocycles. The van der Waals surface area contributed by atoms with Gasteiger partial charge < -0.3 is 19.7 Å². The van der Waals surface area contributed by atoms with Crippen molar-refractivity contribution in [1.29, 1.82) is 0 Å². The van der Waals surface area contributed by atoms with Gasteiger partial charge in [0.2, 0.25) is 0 Å². The molecule has 7 nitrogen and oxygen atoms in total. The molecule has 0 bridgehead atoms. The van der Waals surface area contributed by atoms with Gasteiger partial charge in [-0.2, -0.15) is 0 Å². The van der Waals surface area contributed by atoms with Crippen molar-refractivity contribution >= 4 is 34.4 Å². The fraction of sp³-hybridized carbons (Fsp3) is 0.458. The molecule has 0 radical (unpaired) electrons. The van der Waals surface area contributed by atoms with Crippen molar-refractivity contribution in [3.05, 3.63) is 42.5 Å². The molecular formula is C24H30N2O5. The topological polar surface area (TPSA) is 84.9 Å². The lowest BCUT2D eigenvalue weighted by Crippen LogP contribution is -2.43. The second kappa shape index (κ2) is 9.37. The average Bonchev–Trinajstić information content (AvgIpc) is 2.72. The normalized spacial score (nSPS) is 15.9. The number of nitrogens with one attached hydrogen (secondary N) is 1. The summed E-state index contributed by atoms with van der Waals surface area (Å²) in [4.78, 5) is 38.7. The lowest BCUT2D eigenvalue weighted by Gasteiger charge is -2.32. The van der Waals surface area contributed by atoms with Crippen molar-refractivity contribution in [2.45, 2.75) is 52.2 Å². The second-order valence-corrected chi connectivity index (χ2v) is 8.87. The summed E-state index contributed by atoms with van der Waals surface area (Å²) in [5.74, 6) is -1.13. The van der Waals surface area contributed by atoms with Crippen molar-refractivity contribution < 1.29 is 23.9 Å². The quantitative estimate of drug-likeness (QED) is 0.735. The maximum absolute atomic E-state index is 12.5. The number of amides is 2. The molecule has 1 N–H and O–H groups in total. The summed E-state index contributed by atoms with van der Waals surface area (Å²) in [5, 5.41) is 4.90. The predicted octanol–water partition coefficient (Wildman–Crippen LogP) is 4.36. The number of carbonyl (C=O) groups is 3. The van der Waals surface area contributed by atoms with E-state index in [1.807, 2.05) is 63.2 Å². The summed E-state index contributed by atoms with van der Waals surface area (Å²) in [7, 11) is 0. The van der Waals surface area contributed by atoms with E-state index in [1.165, 1.54) is 0 Å². The molecule has 1 aliphatic rings. The van der Waals surface area contributed by atoms with Crippen LogP contribution in [0.3, 0.4) is 0 Å². The molecule has 3 rings (SSSR count). The van der Waals surface area contributed by atoms with Crippen LogP contribution in [0.2, 0.25) is 0 Å². The van der Waals surface area contributed by atoms with Crippen LogP contribution in [-0.4, -0.2) is 47.7 Å². The fourth-order valence-corrected chi connectivity index (χ4v) is 3.46. The van der Waals surface area contributed by atoms with Crippen LogP contribution in [0.25, 0.3) is 10.8 Å². The Kier molecular flexibility index (Phi) is 6.83. The highest BCUT2D eigenvalue weighted by Crippen LogP contribution is 2.22. The molecule has 0 aromatic heterocycles. The molecule has 1 aliphatic heterocycles. The SMILES string of the molecule is C[C@H](OC(=O)C1CCN(C(=O)OC(C)(C)C)CC1)C(=O)Nc1ccc2ccccc2c1. The molecule has 2 aromatic rings. The van der Waals surface area contributed by atoms with E-state index in [0.29, 0.717) is 31.6 Å². The molecule has 31 heavy (non-hydrogen) atoms. The van der Waals surface area contributed by atoms with Crippen LogP contribution in [0.15, 0.2) is 42.5 Å². The minimum absolute atomic E-state index is 0.338. The van der Waals surface area contributed by atoms with E-state index in [2.05, 4.69) is 5.32 Å². The summed E-state index contributed by atoms with van der Waals surface area (Å²) in [6.45, 7) is 7.86. The minimum atomic E-state index is -0.914. The zero-order valence-corrected chi connectivity index (χ0v) is 18.5. The predicted molar refractivity (Wildman–Crippen MR) is 119 cm³/mol. The number of benzene rings is 2. The first-order valence-electron chi connectivity index (χ1n) is 10.6. The van der Waals surface area contributed by atoms with Gasteiger partial charge in [0.15, 0.2) is 6.10 Å². The number of anilines is 1. The smallest absolute Gasteiger partial charge is 0.410 e. The third-order valence-electron chi connectivity index (χ3n) is 5.16. The van der Waals surface area contributed by atoms with E-state index in [4.69, 9.17) is 9.47 Å². The summed E-state index contributed by atoms with van der Waals surface area (Å²) in [5.41, 5.74) is 0.0954. The largest absolute Gasteiger partial charge is 0.452 e. The Balaban J connectivity index is 1.48. The number of likely N-dealkylation sites (tertiary alicyclic amines) is 1. The Hall–Kier alpha value is -3.09. The first-order valence-corrected chi connectivity index (χ1v) is 10.6. The summed E-state index contributed by atoms with van der Waals surface area (Å²) < 4.78 is 10.8. The Labute approximate surface area is 182 Å². The summed E-state index contributed by atoms with van der Waals surface area (Å²) >= 11 is 0. The highest BCUT2D eigenvalue weighted by atomic mass is 16.6. The summed E-state index contributed by atoms with van der Waals surface area (Å²) in [6.07, 6.45) is -0.320. The van der Waals surface area contributed by atoms with Gasteiger partial charge in [0, 0.05) is 18.8 Å². The Morgan fingerprint density at radius 2 is 1.68 bits per heavy atom. The molecule has 0 aliphatic carbocycles. The van der Waals surface area contributed by atoms with Crippen molar-refractivity contribution in [3.8, 4) is 0 Å². The first-order chi connectivity index (χ1) is 14.6. The monoisotopic (exact) mass is 426 g/mol. The maximum atomic E-state index is 12.5. The van der Waals surface area contributed by atoms with Crippen LogP contribution in [-0.2, 0) is 19.1 Å². The van der Waals surface area contributed by atoms with Gasteiger partial charge in [-0.1, -0.05) is 30.3 Å². The third-order valence-corrected chi connectivity index (χ3v) is 5.16. The second-order valence-electron chi connectivity index (χ2n) is 8.87. The molecular weight excluding hydrogens is 396 g/mol. The van der Waals surface area contributed by atoms with E-state index < -0.39 is 17.7 Å². The standard InChI is InChI=1S/C24H30N2O5/c1-16(21(27)25-20-10-9-17-7-5-6-8-19(17)15-20)30-22(28)18-11-13-26(14-12-18)23(29)31-24(2,3)4/h5-10,15-16,18H,11-14H2,1-4H3,(H,25,27)/t16-/m0/s1. The number of hydrogen-bond donors (Lipinski definition) is 1. The number of hydrogen-bond acceptors (Lipinski definition) is 5. The highest BCUT2D eigenvalue weighted by molar-refractivity contribution is 5.97. The van der Waals surface area contributed by atoms with E-state index in [9.17, 15) is 14.4 Å². The van der Waals surface area contributed by atoms with Crippen molar-refractivity contribution in [2.75, 3.05) is 18.4 Å². The zero-order valence-electron chi connectivity index (χ0n) is 18.5.